The lowest BCUT2D eigenvalue weighted by molar-refractivity contribution is 0.0891. The number of carbonyl (C=O) groups excluding carboxylic acids is 1. The molecule has 2 aliphatic carbocycles. The van der Waals surface area contributed by atoms with Crippen molar-refractivity contribution in [1.82, 2.24) is 10.3 Å². The first-order valence-electron chi connectivity index (χ1n) is 10.1. The van der Waals surface area contributed by atoms with Gasteiger partial charge in [0.15, 0.2) is 22.3 Å². The fourth-order valence-electron chi connectivity index (χ4n) is 4.00. The molecule has 3 aromatic rings. The number of aromatic nitrogens is 1. The summed E-state index contributed by atoms with van der Waals surface area (Å²) in [5, 5.41) is 3.59. The molecule has 158 valence electrons. The van der Waals surface area contributed by atoms with Crippen LogP contribution in [0.1, 0.15) is 60.9 Å². The molecule has 5 rings (SSSR count). The zero-order chi connectivity index (χ0) is 20.9. The van der Waals surface area contributed by atoms with Crippen LogP contribution in [0.2, 0.25) is 5.02 Å². The molecule has 2 aliphatic rings. The summed E-state index contributed by atoms with van der Waals surface area (Å²) in [6, 6.07) is 8.46. The zero-order valence-electron chi connectivity index (χ0n) is 16.2. The van der Waals surface area contributed by atoms with Crippen LogP contribution in [0, 0.1) is 4.78 Å². The van der Waals surface area contributed by atoms with Gasteiger partial charge in [0.1, 0.15) is 15.2 Å². The van der Waals surface area contributed by atoms with Crippen molar-refractivity contribution >= 4 is 38.3 Å². The van der Waals surface area contributed by atoms with Crippen LogP contribution in [0.25, 0.3) is 11.1 Å². The van der Waals surface area contributed by atoms with Gasteiger partial charge in [0.25, 0.3) is 5.91 Å². The van der Waals surface area contributed by atoms with E-state index in [1.54, 1.807) is 12.1 Å². The minimum absolute atomic E-state index is 0.0323. The van der Waals surface area contributed by atoms with Gasteiger partial charge in [-0.1, -0.05) is 11.6 Å². The molecule has 7 nitrogen and oxygen atoms in total. The molecule has 1 atom stereocenters. The Bertz CT molecular complexity index is 1200. The van der Waals surface area contributed by atoms with Crippen molar-refractivity contribution in [3.63, 3.8) is 0 Å². The Labute approximate surface area is 179 Å². The van der Waals surface area contributed by atoms with Gasteiger partial charge in [0.2, 0.25) is 0 Å². The molecule has 0 spiro atoms. The summed E-state index contributed by atoms with van der Waals surface area (Å²) in [7, 11) is -2.94. The molecular formula is C21H22ClN3O4S. The number of furan rings is 1. The van der Waals surface area contributed by atoms with Crippen LogP contribution >= 0.6 is 11.6 Å². The van der Waals surface area contributed by atoms with Crippen molar-refractivity contribution in [2.24, 2.45) is 0 Å². The van der Waals surface area contributed by atoms with Gasteiger partial charge >= 0.3 is 0 Å². The van der Waals surface area contributed by atoms with Crippen LogP contribution in [-0.4, -0.2) is 26.4 Å². The summed E-state index contributed by atoms with van der Waals surface area (Å²) >= 11 is 6.02. The number of benzene rings is 1. The molecule has 0 saturated heterocycles. The van der Waals surface area contributed by atoms with Gasteiger partial charge in [-0.05, 0) is 68.9 Å². The highest BCUT2D eigenvalue weighted by Crippen LogP contribution is 2.36. The fraction of sp³-hybridized carbons (Fsp3) is 0.429. The Hall–Kier alpha value is -2.32. The SMILES string of the molecule is N=[S@@](=O)(c1ccc(C(=O)N[C@H]2CC[C@H](c3nc4cc(Cl)ccc4o3)CC2)o1)C1CC1. The number of nitrogens with zero attached hydrogens (tertiary/aromatic N) is 1. The monoisotopic (exact) mass is 447 g/mol. The van der Waals surface area contributed by atoms with Gasteiger partial charge < -0.3 is 14.2 Å². The normalized spacial score (nSPS) is 23.9. The van der Waals surface area contributed by atoms with E-state index < -0.39 is 9.73 Å². The van der Waals surface area contributed by atoms with Gasteiger partial charge in [-0.15, -0.1) is 0 Å². The summed E-state index contributed by atoms with van der Waals surface area (Å²) in [5.74, 6) is 0.722. The van der Waals surface area contributed by atoms with Gasteiger partial charge in [-0.25, -0.2) is 14.0 Å². The standard InChI is InChI=1S/C21H22ClN3O4S/c22-13-3-8-17-16(11-13)25-21(29-17)12-1-4-14(5-2-12)24-20(26)18-9-10-19(28-18)30(23,27)15-6-7-15/h3,8-12,14-15,23H,1-2,4-7H2,(H,24,26)/t12-,14-,30-/m0/s1. The van der Waals surface area contributed by atoms with Crippen molar-refractivity contribution in [1.29, 1.82) is 4.78 Å². The average molecular weight is 448 g/mol. The Balaban J connectivity index is 1.20. The Morgan fingerprint density at radius 1 is 1.10 bits per heavy atom. The molecule has 0 aliphatic heterocycles. The largest absolute Gasteiger partial charge is 0.441 e. The van der Waals surface area contributed by atoms with Crippen LogP contribution in [0.5, 0.6) is 0 Å². The Kier molecular flexibility index (Phi) is 4.86. The molecule has 2 saturated carbocycles. The highest BCUT2D eigenvalue weighted by atomic mass is 35.5. The second kappa shape index (κ2) is 7.42. The molecule has 2 N–H and O–H groups in total. The van der Waals surface area contributed by atoms with Crippen molar-refractivity contribution < 1.29 is 17.8 Å². The number of halogens is 1. The highest BCUT2D eigenvalue weighted by molar-refractivity contribution is 7.93. The van der Waals surface area contributed by atoms with Gasteiger partial charge in [-0.3, -0.25) is 4.79 Å². The first-order chi connectivity index (χ1) is 14.4. The minimum atomic E-state index is -2.94. The maximum Gasteiger partial charge on any atom is 0.287 e. The summed E-state index contributed by atoms with van der Waals surface area (Å²) in [6.07, 6.45) is 4.89. The molecule has 2 heterocycles. The molecule has 0 unspecified atom stereocenters. The molecule has 2 aromatic heterocycles. The first-order valence-corrected chi connectivity index (χ1v) is 12.1. The number of hydrogen-bond acceptors (Lipinski definition) is 6. The third-order valence-electron chi connectivity index (χ3n) is 5.88. The van der Waals surface area contributed by atoms with Crippen LogP contribution in [0.4, 0.5) is 0 Å². The average Bonchev–Trinajstić information content (AvgIpc) is 3.32. The smallest absolute Gasteiger partial charge is 0.287 e. The van der Waals surface area contributed by atoms with Gasteiger partial charge in [0, 0.05) is 17.0 Å². The summed E-state index contributed by atoms with van der Waals surface area (Å²) < 4.78 is 31.8. The van der Waals surface area contributed by atoms with Crippen molar-refractivity contribution in [2.75, 3.05) is 0 Å². The molecule has 30 heavy (non-hydrogen) atoms. The maximum atomic E-state index is 12.5. The van der Waals surface area contributed by atoms with E-state index in [1.807, 2.05) is 6.07 Å². The predicted molar refractivity (Wildman–Crippen MR) is 112 cm³/mol. The number of hydrogen-bond donors (Lipinski definition) is 2. The molecule has 9 heteroatoms. The fourth-order valence-corrected chi connectivity index (χ4v) is 5.78. The van der Waals surface area contributed by atoms with Gasteiger partial charge in [0.05, 0.1) is 5.25 Å². The van der Waals surface area contributed by atoms with E-state index in [-0.39, 0.29) is 34.0 Å². The van der Waals surface area contributed by atoms with Crippen LogP contribution in [-0.2, 0) is 9.73 Å². The lowest BCUT2D eigenvalue weighted by atomic mass is 9.86. The highest BCUT2D eigenvalue weighted by Gasteiger charge is 2.36. The van der Waals surface area contributed by atoms with Crippen LogP contribution in [0.15, 0.2) is 44.3 Å². The van der Waals surface area contributed by atoms with Gasteiger partial charge in [-0.2, -0.15) is 0 Å². The number of nitrogens with one attached hydrogen (secondary N) is 2. The number of fused-ring (bicyclic) bond motifs is 1. The zero-order valence-corrected chi connectivity index (χ0v) is 17.8. The summed E-state index contributed by atoms with van der Waals surface area (Å²) in [5.41, 5.74) is 1.49. The van der Waals surface area contributed by atoms with Crippen molar-refractivity contribution in [3.8, 4) is 0 Å². The van der Waals surface area contributed by atoms with Crippen LogP contribution in [0.3, 0.4) is 0 Å². The Morgan fingerprint density at radius 3 is 2.60 bits per heavy atom. The van der Waals surface area contributed by atoms with Crippen molar-refractivity contribution in [2.45, 2.75) is 60.8 Å². The quantitative estimate of drug-likeness (QED) is 0.565. The molecule has 1 aromatic carbocycles. The van der Waals surface area contributed by atoms with E-state index in [2.05, 4.69) is 10.3 Å². The molecule has 0 radical (unpaired) electrons. The second-order valence-electron chi connectivity index (χ2n) is 8.10. The van der Waals surface area contributed by atoms with E-state index >= 15 is 0 Å². The topological polar surface area (TPSA) is 109 Å². The van der Waals surface area contributed by atoms with E-state index in [1.165, 1.54) is 12.1 Å². The molecular weight excluding hydrogens is 426 g/mol. The lowest BCUT2D eigenvalue weighted by Gasteiger charge is -2.27. The van der Waals surface area contributed by atoms with Crippen molar-refractivity contribution in [3.05, 3.63) is 47.0 Å². The number of oxazole rings is 1. The molecule has 0 bridgehead atoms. The van der Waals surface area contributed by atoms with Crippen LogP contribution < -0.4 is 5.32 Å². The number of carbonyl (C=O) groups is 1. The summed E-state index contributed by atoms with van der Waals surface area (Å²) in [6.45, 7) is 0. The third-order valence-corrected chi connectivity index (χ3v) is 8.34. The molecule has 1 amide bonds. The predicted octanol–water partition coefficient (Wildman–Crippen LogP) is 5.10. The third kappa shape index (κ3) is 3.74. The number of amides is 1. The summed E-state index contributed by atoms with van der Waals surface area (Å²) in [4.78, 5) is 17.1. The molecule has 2 fully saturated rings. The Morgan fingerprint density at radius 2 is 1.87 bits per heavy atom. The van der Waals surface area contributed by atoms with E-state index in [9.17, 15) is 9.00 Å². The van der Waals surface area contributed by atoms with E-state index in [0.29, 0.717) is 5.02 Å². The van der Waals surface area contributed by atoms with E-state index in [4.69, 9.17) is 25.2 Å². The number of rotatable bonds is 5. The lowest BCUT2D eigenvalue weighted by Crippen LogP contribution is -2.37. The first kappa shape index (κ1) is 19.6. The second-order valence-corrected chi connectivity index (χ2v) is 10.8. The minimum Gasteiger partial charge on any atom is -0.441 e. The maximum absolute atomic E-state index is 12.5. The van der Waals surface area contributed by atoms with E-state index in [0.717, 1.165) is 55.5 Å².